The van der Waals surface area contributed by atoms with Crippen molar-refractivity contribution < 1.29 is 4.79 Å². The number of nitrogens with two attached hydrogens (primary N) is 1. The number of aromatic nitrogens is 2. The first-order valence-corrected chi connectivity index (χ1v) is 7.13. The quantitative estimate of drug-likeness (QED) is 0.827. The van der Waals surface area contributed by atoms with Gasteiger partial charge in [0.1, 0.15) is 4.88 Å². The minimum atomic E-state index is -0.184. The number of rotatable bonds is 2. The third-order valence-corrected chi connectivity index (χ3v) is 4.05. The van der Waals surface area contributed by atoms with Crippen LogP contribution in [0.3, 0.4) is 0 Å². The molecule has 2 aromatic heterocycles. The lowest BCUT2D eigenvalue weighted by Crippen LogP contribution is -2.11. The molecule has 5 nitrogen and oxygen atoms in total. The lowest BCUT2D eigenvalue weighted by atomic mass is 10.4. The third-order valence-electron chi connectivity index (χ3n) is 2.15. The Morgan fingerprint density at radius 1 is 1.47 bits per heavy atom. The van der Waals surface area contributed by atoms with E-state index >= 15 is 0 Å². The number of carbonyl (C=O) groups excluding carboxylic acids is 1. The minimum absolute atomic E-state index is 0.184. The maximum atomic E-state index is 12.0. The van der Waals surface area contributed by atoms with E-state index in [9.17, 15) is 4.79 Å². The van der Waals surface area contributed by atoms with Gasteiger partial charge in [-0.25, -0.2) is 9.97 Å². The Morgan fingerprint density at radius 3 is 2.89 bits per heavy atom. The standard InChI is InChI=1S/C12H12N4OS2/c1-7-10(18-8(2)15-7)11(17)16-12-14-6-9(19-12)4-3-5-13/h6H,5,13H2,1-2H3,(H,14,16,17). The van der Waals surface area contributed by atoms with E-state index in [0.29, 0.717) is 16.6 Å². The average Bonchev–Trinajstić information content (AvgIpc) is 2.93. The minimum Gasteiger partial charge on any atom is -0.320 e. The van der Waals surface area contributed by atoms with Crippen LogP contribution >= 0.6 is 22.7 Å². The van der Waals surface area contributed by atoms with E-state index in [2.05, 4.69) is 27.1 Å². The number of nitrogens with one attached hydrogen (secondary N) is 1. The van der Waals surface area contributed by atoms with Crippen molar-refractivity contribution in [1.82, 2.24) is 9.97 Å². The van der Waals surface area contributed by atoms with Gasteiger partial charge in [0.15, 0.2) is 5.13 Å². The molecular formula is C12H12N4OS2. The second-order valence-corrected chi connectivity index (χ2v) is 5.87. The summed E-state index contributed by atoms with van der Waals surface area (Å²) in [5.74, 6) is 5.43. The summed E-state index contributed by atoms with van der Waals surface area (Å²) in [5, 5.41) is 4.15. The summed E-state index contributed by atoms with van der Waals surface area (Å²) < 4.78 is 0. The normalized spacial score (nSPS) is 9.84. The molecule has 0 bridgehead atoms. The van der Waals surface area contributed by atoms with E-state index in [-0.39, 0.29) is 5.91 Å². The lowest BCUT2D eigenvalue weighted by Gasteiger charge is -1.98. The van der Waals surface area contributed by atoms with Crippen molar-refractivity contribution in [3.8, 4) is 11.8 Å². The van der Waals surface area contributed by atoms with Gasteiger partial charge < -0.3 is 5.73 Å². The second kappa shape index (κ2) is 5.93. The summed E-state index contributed by atoms with van der Waals surface area (Å²) >= 11 is 2.69. The van der Waals surface area contributed by atoms with Crippen molar-refractivity contribution >= 4 is 33.7 Å². The van der Waals surface area contributed by atoms with Crippen molar-refractivity contribution in [3.05, 3.63) is 26.7 Å². The van der Waals surface area contributed by atoms with Gasteiger partial charge in [-0.3, -0.25) is 10.1 Å². The predicted molar refractivity (Wildman–Crippen MR) is 77.6 cm³/mol. The maximum Gasteiger partial charge on any atom is 0.269 e. The summed E-state index contributed by atoms with van der Waals surface area (Å²) in [7, 11) is 0. The number of aryl methyl sites for hydroxylation is 2. The van der Waals surface area contributed by atoms with Gasteiger partial charge in [-0.1, -0.05) is 23.2 Å². The van der Waals surface area contributed by atoms with Crippen molar-refractivity contribution in [2.24, 2.45) is 5.73 Å². The van der Waals surface area contributed by atoms with E-state index in [1.54, 1.807) is 6.20 Å². The molecule has 0 aliphatic heterocycles. The molecule has 3 N–H and O–H groups in total. The highest BCUT2D eigenvalue weighted by atomic mass is 32.1. The van der Waals surface area contributed by atoms with Crippen LogP contribution in [-0.4, -0.2) is 22.4 Å². The van der Waals surface area contributed by atoms with Crippen LogP contribution < -0.4 is 11.1 Å². The zero-order chi connectivity index (χ0) is 13.8. The molecule has 0 unspecified atom stereocenters. The first-order valence-electron chi connectivity index (χ1n) is 5.50. The van der Waals surface area contributed by atoms with Gasteiger partial charge >= 0.3 is 0 Å². The monoisotopic (exact) mass is 292 g/mol. The predicted octanol–water partition coefficient (Wildman–Crippen LogP) is 1.78. The Bertz CT molecular complexity index is 663. The molecule has 0 atom stereocenters. The Labute approximate surface area is 118 Å². The first kappa shape index (κ1) is 13.7. The lowest BCUT2D eigenvalue weighted by molar-refractivity contribution is 0.103. The van der Waals surface area contributed by atoms with Crippen molar-refractivity contribution in [2.75, 3.05) is 11.9 Å². The molecule has 1 amide bonds. The fourth-order valence-corrected chi connectivity index (χ4v) is 2.92. The van der Waals surface area contributed by atoms with E-state index in [4.69, 9.17) is 5.73 Å². The number of hydrogen-bond donors (Lipinski definition) is 2. The summed E-state index contributed by atoms with van der Waals surface area (Å²) in [4.78, 5) is 21.8. The molecule has 0 saturated heterocycles. The third kappa shape index (κ3) is 3.38. The van der Waals surface area contributed by atoms with Crippen molar-refractivity contribution in [3.63, 3.8) is 0 Å². The fourth-order valence-electron chi connectivity index (χ4n) is 1.42. The highest BCUT2D eigenvalue weighted by molar-refractivity contribution is 7.16. The van der Waals surface area contributed by atoms with Crippen LogP contribution in [0.1, 0.15) is 25.3 Å². The van der Waals surface area contributed by atoms with Gasteiger partial charge in [0.05, 0.1) is 28.3 Å². The number of anilines is 1. The van der Waals surface area contributed by atoms with Crippen LogP contribution in [-0.2, 0) is 0 Å². The summed E-state index contributed by atoms with van der Waals surface area (Å²) in [6.07, 6.45) is 1.62. The van der Waals surface area contributed by atoms with Crippen molar-refractivity contribution in [2.45, 2.75) is 13.8 Å². The topological polar surface area (TPSA) is 80.9 Å². The van der Waals surface area contributed by atoms with Crippen LogP contribution in [0.5, 0.6) is 0 Å². The summed E-state index contributed by atoms with van der Waals surface area (Å²) in [5.41, 5.74) is 6.03. The molecule has 0 aromatic carbocycles. The number of nitrogens with zero attached hydrogens (tertiary/aromatic N) is 2. The van der Waals surface area contributed by atoms with Gasteiger partial charge in [0.2, 0.25) is 0 Å². The van der Waals surface area contributed by atoms with Gasteiger partial charge in [-0.05, 0) is 13.8 Å². The van der Waals surface area contributed by atoms with E-state index < -0.39 is 0 Å². The smallest absolute Gasteiger partial charge is 0.269 e. The molecule has 2 rings (SSSR count). The Morgan fingerprint density at radius 2 is 2.26 bits per heavy atom. The van der Waals surface area contributed by atoms with Crippen LogP contribution in [0.2, 0.25) is 0 Å². The van der Waals surface area contributed by atoms with E-state index in [1.807, 2.05) is 13.8 Å². The van der Waals surface area contributed by atoms with Gasteiger partial charge in [-0.2, -0.15) is 0 Å². The molecule has 0 saturated carbocycles. The van der Waals surface area contributed by atoms with Gasteiger partial charge in [0.25, 0.3) is 5.91 Å². The Kier molecular flexibility index (Phi) is 4.27. The molecular weight excluding hydrogens is 280 g/mol. The maximum absolute atomic E-state index is 12.0. The number of carbonyl (C=O) groups is 1. The van der Waals surface area contributed by atoms with Gasteiger partial charge in [0, 0.05) is 0 Å². The number of thiazole rings is 2. The first-order chi connectivity index (χ1) is 9.10. The molecule has 0 fully saturated rings. The average molecular weight is 292 g/mol. The molecule has 19 heavy (non-hydrogen) atoms. The van der Waals surface area contributed by atoms with Crippen LogP contribution in [0.15, 0.2) is 6.20 Å². The SMILES string of the molecule is Cc1nc(C)c(C(=O)Nc2ncc(C#CCN)s2)s1. The van der Waals surface area contributed by atoms with Crippen LogP contribution in [0.4, 0.5) is 5.13 Å². The molecule has 2 heterocycles. The molecule has 2 aromatic rings. The Balaban J connectivity index is 2.11. The second-order valence-electron chi connectivity index (χ2n) is 3.64. The zero-order valence-electron chi connectivity index (χ0n) is 10.5. The number of hydrogen-bond acceptors (Lipinski definition) is 6. The number of amides is 1. The molecule has 0 spiro atoms. The molecule has 0 radical (unpaired) electrons. The van der Waals surface area contributed by atoms with Crippen LogP contribution in [0, 0.1) is 25.7 Å². The molecule has 7 heteroatoms. The highest BCUT2D eigenvalue weighted by Crippen LogP contribution is 2.21. The highest BCUT2D eigenvalue weighted by Gasteiger charge is 2.15. The van der Waals surface area contributed by atoms with Crippen molar-refractivity contribution in [1.29, 1.82) is 0 Å². The molecule has 98 valence electrons. The zero-order valence-corrected chi connectivity index (χ0v) is 12.1. The largest absolute Gasteiger partial charge is 0.320 e. The molecule has 0 aliphatic carbocycles. The fraction of sp³-hybridized carbons (Fsp3) is 0.250. The van der Waals surface area contributed by atoms with E-state index in [0.717, 1.165) is 15.6 Å². The molecule has 0 aliphatic rings. The van der Waals surface area contributed by atoms with Gasteiger partial charge in [-0.15, -0.1) is 11.3 Å². The van der Waals surface area contributed by atoms with E-state index in [1.165, 1.54) is 22.7 Å². The Hall–Kier alpha value is -1.75. The van der Waals surface area contributed by atoms with Crippen LogP contribution in [0.25, 0.3) is 0 Å². The summed E-state index contributed by atoms with van der Waals surface area (Å²) in [6.45, 7) is 4.00. The summed E-state index contributed by atoms with van der Waals surface area (Å²) in [6, 6.07) is 0.